The maximum absolute atomic E-state index is 14.3. The fraction of sp³-hybridized carbons (Fsp3) is 0.429. The molecule has 0 spiro atoms. The Labute approximate surface area is 217 Å². The van der Waals surface area contributed by atoms with E-state index in [2.05, 4.69) is 29.0 Å². The number of benzene rings is 2. The molecule has 1 atom stereocenters. The smallest absolute Gasteiger partial charge is 0.270 e. The van der Waals surface area contributed by atoms with E-state index in [0.717, 1.165) is 43.0 Å². The molecule has 0 fully saturated rings. The molecule has 0 aliphatic rings. The van der Waals surface area contributed by atoms with Crippen LogP contribution in [0, 0.1) is 11.6 Å². The zero-order chi connectivity index (χ0) is 25.9. The van der Waals surface area contributed by atoms with Crippen LogP contribution >= 0.6 is 11.3 Å². The summed E-state index contributed by atoms with van der Waals surface area (Å²) in [7, 11) is 0. The van der Waals surface area contributed by atoms with Gasteiger partial charge in [-0.25, -0.2) is 13.8 Å². The molecular formula is C28H36F2N4OS. The molecule has 8 heteroatoms. The summed E-state index contributed by atoms with van der Waals surface area (Å²) in [5.74, 6) is -0.736. The summed E-state index contributed by atoms with van der Waals surface area (Å²) in [6.07, 6.45) is 1.94. The molecule has 36 heavy (non-hydrogen) atoms. The molecule has 0 saturated heterocycles. The van der Waals surface area contributed by atoms with Crippen LogP contribution in [0.25, 0.3) is 0 Å². The Hall–Kier alpha value is -2.68. The maximum Gasteiger partial charge on any atom is 0.270 e. The average molecular weight is 515 g/mol. The molecule has 0 aliphatic heterocycles. The lowest BCUT2D eigenvalue weighted by atomic mass is 10.1. The first-order valence-corrected chi connectivity index (χ1v) is 13.4. The van der Waals surface area contributed by atoms with Crippen LogP contribution in [0.4, 0.5) is 8.78 Å². The van der Waals surface area contributed by atoms with E-state index in [9.17, 15) is 13.6 Å². The monoisotopic (exact) mass is 514 g/mol. The fourth-order valence-corrected chi connectivity index (χ4v) is 4.91. The van der Waals surface area contributed by atoms with E-state index in [0.29, 0.717) is 30.9 Å². The van der Waals surface area contributed by atoms with Gasteiger partial charge in [0.05, 0.1) is 6.54 Å². The van der Waals surface area contributed by atoms with Crippen molar-refractivity contribution in [3.05, 3.63) is 87.4 Å². The molecule has 1 unspecified atom stereocenters. The molecule has 1 amide bonds. The van der Waals surface area contributed by atoms with Gasteiger partial charge in [0.2, 0.25) is 0 Å². The number of carbonyl (C=O) groups excluding carboxylic acids is 1. The summed E-state index contributed by atoms with van der Waals surface area (Å²) in [5, 5.41) is 5.59. The van der Waals surface area contributed by atoms with Gasteiger partial charge < -0.3 is 10.2 Å². The van der Waals surface area contributed by atoms with Crippen molar-refractivity contribution < 1.29 is 13.6 Å². The van der Waals surface area contributed by atoms with E-state index in [1.807, 2.05) is 17.9 Å². The predicted molar refractivity (Wildman–Crippen MR) is 142 cm³/mol. The summed E-state index contributed by atoms with van der Waals surface area (Å²) in [5.41, 5.74) is 1.90. The van der Waals surface area contributed by atoms with E-state index in [1.165, 1.54) is 29.5 Å². The normalized spacial score (nSPS) is 12.3. The largest absolute Gasteiger partial charge is 0.348 e. The van der Waals surface area contributed by atoms with Gasteiger partial charge in [0, 0.05) is 30.1 Å². The summed E-state index contributed by atoms with van der Waals surface area (Å²) in [4.78, 5) is 21.7. The Kier molecular flexibility index (Phi) is 11.0. The molecule has 0 radical (unpaired) electrons. The second-order valence-electron chi connectivity index (χ2n) is 9.03. The van der Waals surface area contributed by atoms with Crippen molar-refractivity contribution in [3.8, 4) is 0 Å². The number of carbonyl (C=O) groups is 1. The van der Waals surface area contributed by atoms with Gasteiger partial charge >= 0.3 is 0 Å². The fourth-order valence-electron chi connectivity index (χ4n) is 4.09. The minimum absolute atomic E-state index is 0.0641. The lowest BCUT2D eigenvalue weighted by Crippen LogP contribution is -2.34. The molecule has 3 aromatic rings. The van der Waals surface area contributed by atoms with Gasteiger partial charge in [-0.05, 0) is 63.2 Å². The van der Waals surface area contributed by atoms with Crippen molar-refractivity contribution in [2.45, 2.75) is 59.3 Å². The molecule has 1 aromatic heterocycles. The summed E-state index contributed by atoms with van der Waals surface area (Å²) in [6.45, 7) is 10.8. The number of nitrogens with zero attached hydrogens (tertiary/aromatic N) is 3. The van der Waals surface area contributed by atoms with Crippen LogP contribution in [0.5, 0.6) is 0 Å². The SMILES string of the molecule is CCN(CC)CCCC(C)NC(=O)c1csc(CN(Cc2ccc(F)cc2)Cc2ccccc2F)n1. The van der Waals surface area contributed by atoms with Gasteiger partial charge in [-0.2, -0.15) is 0 Å². The first-order valence-electron chi connectivity index (χ1n) is 12.6. The third kappa shape index (κ3) is 8.76. The van der Waals surface area contributed by atoms with E-state index >= 15 is 0 Å². The first-order chi connectivity index (χ1) is 17.4. The standard InChI is InChI=1S/C28H36F2N4OS/c1-4-33(5-2)16-8-9-21(3)31-28(35)26-20-36-27(32-26)19-34(17-22-12-14-24(29)15-13-22)18-23-10-6-7-11-25(23)30/h6-7,10-15,20-21H,4-5,8-9,16-19H2,1-3H3,(H,31,35). The van der Waals surface area contributed by atoms with Crippen LogP contribution < -0.4 is 5.32 Å². The Morgan fingerprint density at radius 2 is 1.72 bits per heavy atom. The van der Waals surface area contributed by atoms with Crippen LogP contribution in [0.15, 0.2) is 53.9 Å². The van der Waals surface area contributed by atoms with Crippen LogP contribution in [-0.4, -0.2) is 46.4 Å². The van der Waals surface area contributed by atoms with Crippen molar-refractivity contribution in [2.24, 2.45) is 0 Å². The van der Waals surface area contributed by atoms with Crippen molar-refractivity contribution >= 4 is 17.2 Å². The molecular weight excluding hydrogens is 478 g/mol. The zero-order valence-corrected chi connectivity index (χ0v) is 22.2. The highest BCUT2D eigenvalue weighted by Gasteiger charge is 2.17. The number of amides is 1. The molecule has 0 saturated carbocycles. The average Bonchev–Trinajstić information content (AvgIpc) is 3.33. The minimum atomic E-state index is -0.294. The third-order valence-corrected chi connectivity index (χ3v) is 7.03. The number of rotatable bonds is 14. The van der Waals surface area contributed by atoms with Crippen LogP contribution in [-0.2, 0) is 19.6 Å². The second kappa shape index (κ2) is 14.2. The van der Waals surface area contributed by atoms with E-state index < -0.39 is 0 Å². The Morgan fingerprint density at radius 1 is 1.00 bits per heavy atom. The molecule has 0 bridgehead atoms. The van der Waals surface area contributed by atoms with E-state index in [4.69, 9.17) is 0 Å². The topological polar surface area (TPSA) is 48.5 Å². The zero-order valence-electron chi connectivity index (χ0n) is 21.3. The van der Waals surface area contributed by atoms with Crippen LogP contribution in [0.3, 0.4) is 0 Å². The maximum atomic E-state index is 14.3. The summed E-state index contributed by atoms with van der Waals surface area (Å²) >= 11 is 1.41. The highest BCUT2D eigenvalue weighted by atomic mass is 32.1. The first kappa shape index (κ1) is 27.9. The number of aromatic nitrogens is 1. The summed E-state index contributed by atoms with van der Waals surface area (Å²) in [6, 6.07) is 13.0. The molecule has 1 N–H and O–H groups in total. The van der Waals surface area contributed by atoms with Gasteiger partial charge in [-0.15, -0.1) is 11.3 Å². The Balaban J connectivity index is 1.61. The quantitative estimate of drug-likeness (QED) is 0.293. The lowest BCUT2D eigenvalue weighted by Gasteiger charge is -2.22. The van der Waals surface area contributed by atoms with Crippen molar-refractivity contribution in [2.75, 3.05) is 19.6 Å². The Morgan fingerprint density at radius 3 is 2.42 bits per heavy atom. The van der Waals surface area contributed by atoms with Crippen molar-refractivity contribution in [1.29, 1.82) is 0 Å². The van der Waals surface area contributed by atoms with E-state index in [1.54, 1.807) is 29.6 Å². The third-order valence-electron chi connectivity index (χ3n) is 6.20. The van der Waals surface area contributed by atoms with Gasteiger partial charge in [0.25, 0.3) is 5.91 Å². The number of hydrogen-bond acceptors (Lipinski definition) is 5. The van der Waals surface area contributed by atoms with Crippen LogP contribution in [0.1, 0.15) is 60.2 Å². The van der Waals surface area contributed by atoms with E-state index in [-0.39, 0.29) is 23.6 Å². The number of thiazole rings is 1. The summed E-state index contributed by atoms with van der Waals surface area (Å²) < 4.78 is 27.7. The predicted octanol–water partition coefficient (Wildman–Crippen LogP) is 5.86. The molecule has 1 heterocycles. The minimum Gasteiger partial charge on any atom is -0.348 e. The van der Waals surface area contributed by atoms with Gasteiger partial charge in [-0.1, -0.05) is 44.2 Å². The Bertz CT molecular complexity index is 1090. The highest BCUT2D eigenvalue weighted by molar-refractivity contribution is 7.09. The number of hydrogen-bond donors (Lipinski definition) is 1. The number of nitrogens with one attached hydrogen (secondary N) is 1. The molecule has 0 aliphatic carbocycles. The molecule has 194 valence electrons. The lowest BCUT2D eigenvalue weighted by molar-refractivity contribution is 0.0932. The van der Waals surface area contributed by atoms with Gasteiger partial charge in [0.1, 0.15) is 22.3 Å². The number of halogens is 2. The highest BCUT2D eigenvalue weighted by Crippen LogP contribution is 2.19. The molecule has 2 aromatic carbocycles. The molecule has 5 nitrogen and oxygen atoms in total. The van der Waals surface area contributed by atoms with Crippen molar-refractivity contribution in [1.82, 2.24) is 20.1 Å². The van der Waals surface area contributed by atoms with Gasteiger partial charge in [-0.3, -0.25) is 9.69 Å². The second-order valence-corrected chi connectivity index (χ2v) is 9.98. The molecule has 3 rings (SSSR count). The van der Waals surface area contributed by atoms with Crippen molar-refractivity contribution in [3.63, 3.8) is 0 Å². The van der Waals surface area contributed by atoms with Gasteiger partial charge in [0.15, 0.2) is 0 Å². The van der Waals surface area contributed by atoms with Crippen LogP contribution in [0.2, 0.25) is 0 Å².